The summed E-state index contributed by atoms with van der Waals surface area (Å²) in [4.78, 5) is 1.47. The molecule has 2 heterocycles. The molecule has 0 atom stereocenters. The average molecular weight is 383 g/mol. The molecule has 2 aromatic carbocycles. The van der Waals surface area contributed by atoms with Crippen LogP contribution in [0.2, 0.25) is 0 Å². The third kappa shape index (κ3) is 2.93. The summed E-state index contributed by atoms with van der Waals surface area (Å²) in [6, 6.07) is 17.4. The Hall–Kier alpha value is -2.94. The number of nitrogens with zero attached hydrogens (tertiary/aromatic N) is 8. The molecule has 0 spiro atoms. The Morgan fingerprint density at radius 3 is 2.46 bits per heavy atom. The number of rotatable bonds is 4. The van der Waals surface area contributed by atoms with Crippen LogP contribution in [0.15, 0.2) is 59.1 Å². The first-order chi connectivity index (χ1) is 11.8. The van der Waals surface area contributed by atoms with Gasteiger partial charge in [-0.1, -0.05) is 34.1 Å². The van der Waals surface area contributed by atoms with Gasteiger partial charge in [-0.15, -0.1) is 15.3 Å². The van der Waals surface area contributed by atoms with E-state index in [1.165, 1.54) is 4.80 Å². The van der Waals surface area contributed by atoms with Gasteiger partial charge < -0.3 is 0 Å². The van der Waals surface area contributed by atoms with Gasteiger partial charge >= 0.3 is 0 Å². The molecule has 9 heteroatoms. The van der Waals surface area contributed by atoms with E-state index in [1.54, 1.807) is 4.68 Å². The molecular formula is C15H11BrN8. The summed E-state index contributed by atoms with van der Waals surface area (Å²) in [6.45, 7) is 0.325. The Bertz CT molecular complexity index is 945. The van der Waals surface area contributed by atoms with E-state index < -0.39 is 0 Å². The van der Waals surface area contributed by atoms with Gasteiger partial charge in [-0.25, -0.2) is 0 Å². The van der Waals surface area contributed by atoms with Gasteiger partial charge in [0.25, 0.3) is 0 Å². The number of tetrazole rings is 2. The predicted octanol–water partition coefficient (Wildman–Crippen LogP) is 2.13. The summed E-state index contributed by atoms with van der Waals surface area (Å²) in [5.41, 5.74) is 1.78. The molecule has 8 nitrogen and oxygen atoms in total. The fourth-order valence-electron chi connectivity index (χ4n) is 2.23. The van der Waals surface area contributed by atoms with E-state index in [1.807, 2.05) is 54.6 Å². The van der Waals surface area contributed by atoms with Crippen molar-refractivity contribution in [1.29, 1.82) is 0 Å². The second-order valence-corrected chi connectivity index (χ2v) is 5.91. The third-order valence-corrected chi connectivity index (χ3v) is 3.90. The minimum Gasteiger partial charge on any atom is -0.195 e. The number of hydrogen-bond acceptors (Lipinski definition) is 6. The Kier molecular flexibility index (Phi) is 3.83. The van der Waals surface area contributed by atoms with Crippen molar-refractivity contribution in [2.24, 2.45) is 0 Å². The molecule has 0 unspecified atom stereocenters. The van der Waals surface area contributed by atoms with Crippen molar-refractivity contribution in [3.05, 3.63) is 64.9 Å². The Morgan fingerprint density at radius 1 is 0.875 bits per heavy atom. The molecule has 0 saturated heterocycles. The zero-order valence-electron chi connectivity index (χ0n) is 12.4. The van der Waals surface area contributed by atoms with Gasteiger partial charge in [0.05, 0.1) is 5.69 Å². The SMILES string of the molecule is Brc1ccc(-c2nnn(Cc3nnnn3-c3ccccc3)n2)cc1. The van der Waals surface area contributed by atoms with E-state index >= 15 is 0 Å². The standard InChI is InChI=1S/C15H11BrN8/c16-12-8-6-11(7-9-12)15-18-21-23(19-15)10-14-17-20-22-24(14)13-4-2-1-3-5-13/h1-9H,10H2. The van der Waals surface area contributed by atoms with Crippen LogP contribution in [0, 0.1) is 0 Å². The lowest BCUT2D eigenvalue weighted by molar-refractivity contribution is 0.545. The van der Waals surface area contributed by atoms with Crippen LogP contribution < -0.4 is 0 Å². The highest BCUT2D eigenvalue weighted by atomic mass is 79.9. The molecule has 0 saturated carbocycles. The van der Waals surface area contributed by atoms with Crippen molar-refractivity contribution in [3.8, 4) is 17.1 Å². The molecule has 0 aliphatic rings. The van der Waals surface area contributed by atoms with Crippen LogP contribution >= 0.6 is 15.9 Å². The lowest BCUT2D eigenvalue weighted by Gasteiger charge is -2.02. The summed E-state index contributed by atoms with van der Waals surface area (Å²) in [5, 5.41) is 24.4. The molecule has 0 amide bonds. The van der Waals surface area contributed by atoms with Gasteiger partial charge in [0, 0.05) is 10.0 Å². The number of hydrogen-bond donors (Lipinski definition) is 0. The molecule has 0 aliphatic heterocycles. The van der Waals surface area contributed by atoms with E-state index in [-0.39, 0.29) is 0 Å². The molecule has 0 aliphatic carbocycles. The number of aromatic nitrogens is 8. The highest BCUT2D eigenvalue weighted by Crippen LogP contribution is 2.17. The first kappa shape index (κ1) is 14.6. The van der Waals surface area contributed by atoms with Crippen LogP contribution in [0.1, 0.15) is 5.82 Å². The zero-order chi connectivity index (χ0) is 16.4. The number of halogens is 1. The summed E-state index contributed by atoms with van der Waals surface area (Å²) in [6.07, 6.45) is 0. The van der Waals surface area contributed by atoms with Crippen molar-refractivity contribution in [2.45, 2.75) is 6.54 Å². The lowest BCUT2D eigenvalue weighted by atomic mass is 10.2. The molecule has 4 rings (SSSR count). The maximum absolute atomic E-state index is 4.39. The predicted molar refractivity (Wildman–Crippen MR) is 89.2 cm³/mol. The van der Waals surface area contributed by atoms with Gasteiger partial charge in [0.15, 0.2) is 5.82 Å². The van der Waals surface area contributed by atoms with E-state index in [2.05, 4.69) is 46.9 Å². The maximum Gasteiger partial charge on any atom is 0.204 e. The highest BCUT2D eigenvalue weighted by molar-refractivity contribution is 9.10. The van der Waals surface area contributed by atoms with Crippen LogP contribution in [-0.4, -0.2) is 40.4 Å². The number of benzene rings is 2. The Balaban J connectivity index is 1.59. The largest absolute Gasteiger partial charge is 0.204 e. The average Bonchev–Trinajstić information content (AvgIpc) is 3.26. The second kappa shape index (κ2) is 6.28. The summed E-state index contributed by atoms with van der Waals surface area (Å²) in [7, 11) is 0. The monoisotopic (exact) mass is 382 g/mol. The van der Waals surface area contributed by atoms with Gasteiger partial charge in [-0.3, -0.25) is 0 Å². The van der Waals surface area contributed by atoms with Gasteiger partial charge in [-0.05, 0) is 52.0 Å². The van der Waals surface area contributed by atoms with Crippen molar-refractivity contribution < 1.29 is 0 Å². The van der Waals surface area contributed by atoms with Gasteiger partial charge in [0.1, 0.15) is 6.54 Å². The molecule has 0 bridgehead atoms. The first-order valence-electron chi connectivity index (χ1n) is 7.16. The minimum absolute atomic E-state index is 0.325. The Labute approximate surface area is 145 Å². The summed E-state index contributed by atoms with van der Waals surface area (Å²) in [5.74, 6) is 1.18. The molecule has 2 aromatic heterocycles. The van der Waals surface area contributed by atoms with Crippen LogP contribution in [0.4, 0.5) is 0 Å². The topological polar surface area (TPSA) is 87.2 Å². The van der Waals surface area contributed by atoms with Crippen molar-refractivity contribution in [2.75, 3.05) is 0 Å². The van der Waals surface area contributed by atoms with Crippen molar-refractivity contribution in [3.63, 3.8) is 0 Å². The quantitative estimate of drug-likeness (QED) is 0.537. The fourth-order valence-corrected chi connectivity index (χ4v) is 2.49. The highest BCUT2D eigenvalue weighted by Gasteiger charge is 2.12. The molecular weight excluding hydrogens is 372 g/mol. The number of para-hydroxylation sites is 1. The lowest BCUT2D eigenvalue weighted by Crippen LogP contribution is -2.11. The fraction of sp³-hybridized carbons (Fsp3) is 0.0667. The maximum atomic E-state index is 4.39. The molecule has 118 valence electrons. The molecule has 24 heavy (non-hydrogen) atoms. The first-order valence-corrected chi connectivity index (χ1v) is 7.95. The molecule has 4 aromatic rings. The third-order valence-electron chi connectivity index (χ3n) is 3.37. The van der Waals surface area contributed by atoms with Gasteiger partial charge in [-0.2, -0.15) is 9.48 Å². The van der Waals surface area contributed by atoms with Crippen LogP contribution in [0.25, 0.3) is 17.1 Å². The van der Waals surface area contributed by atoms with Crippen LogP contribution in [-0.2, 0) is 6.54 Å². The van der Waals surface area contributed by atoms with E-state index in [0.717, 1.165) is 15.7 Å². The minimum atomic E-state index is 0.325. The molecule has 0 radical (unpaired) electrons. The molecule has 0 fully saturated rings. The summed E-state index contributed by atoms with van der Waals surface area (Å²) < 4.78 is 2.66. The smallest absolute Gasteiger partial charge is 0.195 e. The molecule has 0 N–H and O–H groups in total. The van der Waals surface area contributed by atoms with Crippen molar-refractivity contribution >= 4 is 15.9 Å². The summed E-state index contributed by atoms with van der Waals surface area (Å²) >= 11 is 3.41. The van der Waals surface area contributed by atoms with E-state index in [9.17, 15) is 0 Å². The zero-order valence-corrected chi connectivity index (χ0v) is 13.9. The van der Waals surface area contributed by atoms with Gasteiger partial charge in [0.2, 0.25) is 5.82 Å². The van der Waals surface area contributed by atoms with Crippen molar-refractivity contribution in [1.82, 2.24) is 40.4 Å². The van der Waals surface area contributed by atoms with E-state index in [4.69, 9.17) is 0 Å². The Morgan fingerprint density at radius 2 is 1.67 bits per heavy atom. The van der Waals surface area contributed by atoms with Crippen LogP contribution in [0.3, 0.4) is 0 Å². The van der Waals surface area contributed by atoms with Crippen LogP contribution in [0.5, 0.6) is 0 Å². The van der Waals surface area contributed by atoms with E-state index in [0.29, 0.717) is 18.2 Å². The normalized spacial score (nSPS) is 10.9. The second-order valence-electron chi connectivity index (χ2n) is 4.99.